The maximum absolute atomic E-state index is 9.28. The third kappa shape index (κ3) is 5.43. The zero-order chi connectivity index (χ0) is 27.9. The van der Waals surface area contributed by atoms with Crippen molar-refractivity contribution >= 4 is 34.1 Å². The Balaban J connectivity index is 1.57. The highest BCUT2D eigenvalue weighted by Gasteiger charge is 2.16. The van der Waals surface area contributed by atoms with Gasteiger partial charge in [0.05, 0.1) is 37.5 Å². The second-order valence-corrected chi connectivity index (χ2v) is 8.90. The van der Waals surface area contributed by atoms with Gasteiger partial charge in [-0.05, 0) is 121 Å². The molecule has 5 aromatic carbocycles. The minimum atomic E-state index is 0.603. The maximum Gasteiger partial charge on any atom is 0.119 e. The van der Waals surface area contributed by atoms with Crippen LogP contribution in [0.3, 0.4) is 0 Å². The molecule has 6 heteroatoms. The lowest BCUT2D eigenvalue weighted by Crippen LogP contribution is -2.12. The summed E-state index contributed by atoms with van der Waals surface area (Å²) in [7, 11) is 3.29. The van der Waals surface area contributed by atoms with Crippen LogP contribution in [0.25, 0.3) is 0 Å². The summed E-state index contributed by atoms with van der Waals surface area (Å²) in [6, 6.07) is 43.4. The Morgan fingerprint density at radius 2 is 0.625 bits per heavy atom. The molecule has 194 valence electrons. The number of anilines is 6. The highest BCUT2D eigenvalue weighted by molar-refractivity contribution is 5.81. The molecule has 5 aromatic rings. The lowest BCUT2D eigenvalue weighted by molar-refractivity contribution is 0.414. The fourth-order valence-corrected chi connectivity index (χ4v) is 4.48. The van der Waals surface area contributed by atoms with E-state index in [0.717, 1.165) is 45.6 Å². The highest BCUT2D eigenvalue weighted by atomic mass is 16.5. The van der Waals surface area contributed by atoms with Crippen LogP contribution >= 0.6 is 0 Å². The fraction of sp³-hybridized carbons (Fsp3) is 0.0588. The number of hydrogen-bond donors (Lipinski definition) is 0. The molecule has 0 spiro atoms. The van der Waals surface area contributed by atoms with Gasteiger partial charge in [0.1, 0.15) is 11.5 Å². The quantitative estimate of drug-likeness (QED) is 0.204. The van der Waals surface area contributed by atoms with Crippen LogP contribution in [0.2, 0.25) is 0 Å². The molecule has 0 aliphatic rings. The average Bonchev–Trinajstić information content (AvgIpc) is 3.03. The Morgan fingerprint density at radius 1 is 0.400 bits per heavy atom. The molecule has 0 aromatic heterocycles. The third-order valence-corrected chi connectivity index (χ3v) is 6.54. The Hall–Kier alpha value is -5.72. The molecule has 0 aliphatic heterocycles. The van der Waals surface area contributed by atoms with Crippen LogP contribution in [0.5, 0.6) is 11.5 Å². The van der Waals surface area contributed by atoms with Gasteiger partial charge in [0.25, 0.3) is 0 Å². The monoisotopic (exact) mass is 522 g/mol. The summed E-state index contributed by atoms with van der Waals surface area (Å²) in [6.45, 7) is 0. The van der Waals surface area contributed by atoms with Crippen molar-refractivity contribution in [3.8, 4) is 23.6 Å². The van der Waals surface area contributed by atoms with E-state index in [2.05, 4.69) is 46.2 Å². The standard InChI is InChI=1S/C34H26N4O2/c1-39-33-19-15-31(16-20-33)37(27-7-3-25(23-35)4-8-27)29-11-13-30(14-12-29)38(28-9-5-26(24-36)6-10-28)32-17-21-34(40-2)22-18-32/h3-22H,1-2H3. The molecule has 0 unspecified atom stereocenters. The van der Waals surface area contributed by atoms with E-state index in [-0.39, 0.29) is 0 Å². The van der Waals surface area contributed by atoms with Crippen molar-refractivity contribution in [2.45, 2.75) is 0 Å². The average molecular weight is 523 g/mol. The van der Waals surface area contributed by atoms with Crippen molar-refractivity contribution in [3.05, 3.63) is 132 Å². The summed E-state index contributed by atoms with van der Waals surface area (Å²) in [5, 5.41) is 18.6. The van der Waals surface area contributed by atoms with Crippen molar-refractivity contribution in [2.24, 2.45) is 0 Å². The van der Waals surface area contributed by atoms with Crippen LogP contribution in [0.15, 0.2) is 121 Å². The fourth-order valence-electron chi connectivity index (χ4n) is 4.48. The van der Waals surface area contributed by atoms with Crippen molar-refractivity contribution in [1.82, 2.24) is 0 Å². The number of hydrogen-bond acceptors (Lipinski definition) is 6. The smallest absolute Gasteiger partial charge is 0.119 e. The van der Waals surface area contributed by atoms with Crippen LogP contribution < -0.4 is 19.3 Å². The lowest BCUT2D eigenvalue weighted by Gasteiger charge is -2.28. The van der Waals surface area contributed by atoms with E-state index in [1.54, 1.807) is 14.2 Å². The van der Waals surface area contributed by atoms with Crippen LogP contribution in [0.4, 0.5) is 34.1 Å². The van der Waals surface area contributed by atoms with Crippen molar-refractivity contribution in [3.63, 3.8) is 0 Å². The van der Waals surface area contributed by atoms with Crippen molar-refractivity contribution in [2.75, 3.05) is 24.0 Å². The molecule has 0 heterocycles. The zero-order valence-electron chi connectivity index (χ0n) is 22.2. The predicted molar refractivity (Wildman–Crippen MR) is 158 cm³/mol. The molecule has 0 fully saturated rings. The number of nitriles is 2. The second kappa shape index (κ2) is 11.8. The number of methoxy groups -OCH3 is 2. The van der Waals surface area contributed by atoms with Gasteiger partial charge in [-0.15, -0.1) is 0 Å². The molecule has 0 bridgehead atoms. The second-order valence-electron chi connectivity index (χ2n) is 8.90. The summed E-state index contributed by atoms with van der Waals surface area (Å²) < 4.78 is 10.7. The van der Waals surface area contributed by atoms with Crippen LogP contribution in [-0.2, 0) is 0 Å². The lowest BCUT2D eigenvalue weighted by atomic mass is 10.1. The third-order valence-electron chi connectivity index (χ3n) is 6.54. The van der Waals surface area contributed by atoms with Gasteiger partial charge in [-0.25, -0.2) is 0 Å². The van der Waals surface area contributed by atoms with Crippen LogP contribution in [0, 0.1) is 22.7 Å². The minimum Gasteiger partial charge on any atom is -0.497 e. The number of ether oxygens (including phenoxy) is 2. The Morgan fingerprint density at radius 3 is 0.850 bits per heavy atom. The van der Waals surface area contributed by atoms with E-state index < -0.39 is 0 Å². The van der Waals surface area contributed by atoms with E-state index in [1.165, 1.54) is 0 Å². The minimum absolute atomic E-state index is 0.603. The van der Waals surface area contributed by atoms with Crippen molar-refractivity contribution < 1.29 is 9.47 Å². The number of benzene rings is 5. The topological polar surface area (TPSA) is 72.5 Å². The molecule has 0 atom stereocenters. The first-order chi connectivity index (χ1) is 19.6. The largest absolute Gasteiger partial charge is 0.497 e. The molecule has 6 nitrogen and oxygen atoms in total. The van der Waals surface area contributed by atoms with Gasteiger partial charge in [-0.1, -0.05) is 0 Å². The summed E-state index contributed by atoms with van der Waals surface area (Å²) in [4.78, 5) is 4.26. The van der Waals surface area contributed by atoms with E-state index in [9.17, 15) is 10.5 Å². The van der Waals surface area contributed by atoms with E-state index in [1.807, 2.05) is 97.1 Å². The van der Waals surface area contributed by atoms with Crippen LogP contribution in [-0.4, -0.2) is 14.2 Å². The van der Waals surface area contributed by atoms with E-state index in [0.29, 0.717) is 11.1 Å². The normalized spacial score (nSPS) is 10.2. The summed E-state index contributed by atoms with van der Waals surface area (Å²) in [5.74, 6) is 1.55. The van der Waals surface area contributed by atoms with Gasteiger partial charge in [0.2, 0.25) is 0 Å². The Kier molecular flexibility index (Phi) is 7.62. The summed E-state index contributed by atoms with van der Waals surface area (Å²) >= 11 is 0. The SMILES string of the molecule is COc1ccc(N(c2ccc(C#N)cc2)c2ccc(N(c3ccc(C#N)cc3)c3ccc(OC)cc3)cc2)cc1. The summed E-state index contributed by atoms with van der Waals surface area (Å²) in [6.07, 6.45) is 0. The van der Waals surface area contributed by atoms with Gasteiger partial charge < -0.3 is 19.3 Å². The van der Waals surface area contributed by atoms with Gasteiger partial charge in [0.15, 0.2) is 0 Å². The molecule has 0 saturated carbocycles. The number of nitrogens with zero attached hydrogens (tertiary/aromatic N) is 4. The first-order valence-corrected chi connectivity index (χ1v) is 12.6. The summed E-state index contributed by atoms with van der Waals surface area (Å²) in [5.41, 5.74) is 6.88. The highest BCUT2D eigenvalue weighted by Crippen LogP contribution is 2.39. The maximum atomic E-state index is 9.28. The molecule has 40 heavy (non-hydrogen) atoms. The molecule has 5 rings (SSSR count). The zero-order valence-corrected chi connectivity index (χ0v) is 22.2. The molecule has 0 saturated heterocycles. The molecular formula is C34H26N4O2. The first-order valence-electron chi connectivity index (χ1n) is 12.6. The van der Waals surface area contributed by atoms with E-state index in [4.69, 9.17) is 9.47 Å². The predicted octanol–water partition coefficient (Wildman–Crippen LogP) is 8.39. The molecule has 0 aliphatic carbocycles. The van der Waals surface area contributed by atoms with Gasteiger partial charge in [0, 0.05) is 34.1 Å². The van der Waals surface area contributed by atoms with Crippen molar-refractivity contribution in [1.29, 1.82) is 10.5 Å². The molecule has 0 radical (unpaired) electrons. The van der Waals surface area contributed by atoms with Gasteiger partial charge in [-0.2, -0.15) is 10.5 Å². The molecule has 0 N–H and O–H groups in total. The van der Waals surface area contributed by atoms with E-state index >= 15 is 0 Å². The Labute approximate surface area is 234 Å². The molecular weight excluding hydrogens is 496 g/mol. The van der Waals surface area contributed by atoms with Gasteiger partial charge in [-0.3, -0.25) is 0 Å². The van der Waals surface area contributed by atoms with Crippen LogP contribution in [0.1, 0.15) is 11.1 Å². The first kappa shape index (κ1) is 25.9. The Bertz CT molecular complexity index is 1520. The van der Waals surface area contributed by atoms with Gasteiger partial charge >= 0.3 is 0 Å². The number of rotatable bonds is 8. The molecule has 0 amide bonds.